The summed E-state index contributed by atoms with van der Waals surface area (Å²) >= 11 is 1.77. The van der Waals surface area contributed by atoms with Crippen molar-refractivity contribution in [2.75, 3.05) is 18.9 Å². The van der Waals surface area contributed by atoms with Gasteiger partial charge in [-0.3, -0.25) is 9.79 Å². The fraction of sp³-hybridized carbons (Fsp3) is 0.368. The lowest BCUT2D eigenvalue weighted by Gasteiger charge is -2.12. The number of rotatable bonds is 8. The Hall–Kier alpha value is -1.61. The first-order valence-corrected chi connectivity index (χ1v) is 9.45. The van der Waals surface area contributed by atoms with E-state index < -0.39 is 0 Å². The SMILES string of the molecule is CCCC(=O)Nc1cccc(CNC(=NC)NCCc2cccs2)c1.I. The zero-order valence-electron chi connectivity index (χ0n) is 15.2. The maximum atomic E-state index is 11.7. The Morgan fingerprint density at radius 1 is 1.19 bits per heavy atom. The van der Waals surface area contributed by atoms with E-state index in [4.69, 9.17) is 0 Å². The fourth-order valence-corrected chi connectivity index (χ4v) is 3.08. The molecule has 0 aliphatic rings. The van der Waals surface area contributed by atoms with Gasteiger partial charge in [0.05, 0.1) is 0 Å². The second-order valence-corrected chi connectivity index (χ2v) is 6.71. The van der Waals surface area contributed by atoms with Crippen molar-refractivity contribution in [1.29, 1.82) is 0 Å². The van der Waals surface area contributed by atoms with Crippen LogP contribution in [0.15, 0.2) is 46.8 Å². The number of carbonyl (C=O) groups is 1. The van der Waals surface area contributed by atoms with Crippen molar-refractivity contribution in [3.8, 4) is 0 Å². The molecule has 0 atom stereocenters. The molecule has 5 nitrogen and oxygen atoms in total. The first kappa shape index (κ1) is 22.4. The van der Waals surface area contributed by atoms with E-state index in [9.17, 15) is 4.79 Å². The molecule has 0 saturated carbocycles. The van der Waals surface area contributed by atoms with Crippen LogP contribution in [0.1, 0.15) is 30.2 Å². The number of anilines is 1. The Morgan fingerprint density at radius 3 is 2.73 bits per heavy atom. The standard InChI is InChI=1S/C19H26N4OS.HI/c1-3-6-18(24)23-16-8-4-7-15(13-16)14-22-19(20-2)21-11-10-17-9-5-12-25-17;/h4-5,7-9,12-13H,3,6,10-11,14H2,1-2H3,(H,23,24)(H2,20,21,22);1H. The minimum atomic E-state index is 0. The summed E-state index contributed by atoms with van der Waals surface area (Å²) in [6.07, 6.45) is 2.38. The molecule has 3 N–H and O–H groups in total. The number of aliphatic imine (C=N–C) groups is 1. The highest BCUT2D eigenvalue weighted by Crippen LogP contribution is 2.11. The molecule has 26 heavy (non-hydrogen) atoms. The molecular weight excluding hydrogens is 459 g/mol. The smallest absolute Gasteiger partial charge is 0.224 e. The minimum absolute atomic E-state index is 0. The van der Waals surface area contributed by atoms with E-state index in [-0.39, 0.29) is 29.9 Å². The van der Waals surface area contributed by atoms with Gasteiger partial charge in [-0.25, -0.2) is 0 Å². The summed E-state index contributed by atoms with van der Waals surface area (Å²) in [5, 5.41) is 11.6. The third-order valence-electron chi connectivity index (χ3n) is 3.62. The molecule has 0 unspecified atom stereocenters. The molecule has 0 fully saturated rings. The van der Waals surface area contributed by atoms with Gasteiger partial charge < -0.3 is 16.0 Å². The highest BCUT2D eigenvalue weighted by atomic mass is 127. The highest BCUT2D eigenvalue weighted by molar-refractivity contribution is 14.0. The quantitative estimate of drug-likeness (QED) is 0.300. The summed E-state index contributed by atoms with van der Waals surface area (Å²) in [5.74, 6) is 0.829. The Kier molecular flexibility index (Phi) is 11.0. The number of benzene rings is 1. The van der Waals surface area contributed by atoms with Crippen LogP contribution in [0, 0.1) is 0 Å². The lowest BCUT2D eigenvalue weighted by molar-refractivity contribution is -0.116. The van der Waals surface area contributed by atoms with E-state index >= 15 is 0 Å². The lowest BCUT2D eigenvalue weighted by atomic mass is 10.2. The Morgan fingerprint density at radius 2 is 2.04 bits per heavy atom. The van der Waals surface area contributed by atoms with Gasteiger partial charge in [-0.1, -0.05) is 25.1 Å². The third-order valence-corrected chi connectivity index (χ3v) is 4.55. The second kappa shape index (κ2) is 12.7. The van der Waals surface area contributed by atoms with Crippen LogP contribution >= 0.6 is 35.3 Å². The molecule has 2 rings (SSSR count). The Balaban J connectivity index is 0.00000338. The number of amides is 1. The third kappa shape index (κ3) is 8.18. The largest absolute Gasteiger partial charge is 0.356 e. The average molecular weight is 486 g/mol. The minimum Gasteiger partial charge on any atom is -0.356 e. The Labute approximate surface area is 176 Å². The first-order chi connectivity index (χ1) is 12.2. The summed E-state index contributed by atoms with van der Waals surface area (Å²) in [4.78, 5) is 17.3. The van der Waals surface area contributed by atoms with Gasteiger partial charge in [-0.05, 0) is 42.0 Å². The molecule has 142 valence electrons. The highest BCUT2D eigenvalue weighted by Gasteiger charge is 2.03. The number of hydrogen-bond acceptors (Lipinski definition) is 3. The van der Waals surface area contributed by atoms with E-state index in [1.165, 1.54) is 4.88 Å². The summed E-state index contributed by atoms with van der Waals surface area (Å²) in [6, 6.07) is 12.1. The van der Waals surface area contributed by atoms with Crippen molar-refractivity contribution in [3.05, 3.63) is 52.2 Å². The molecule has 0 saturated heterocycles. The summed E-state index contributed by atoms with van der Waals surface area (Å²) in [5.41, 5.74) is 1.92. The average Bonchev–Trinajstić information content (AvgIpc) is 3.12. The van der Waals surface area contributed by atoms with E-state index in [1.54, 1.807) is 18.4 Å². The van der Waals surface area contributed by atoms with Crippen molar-refractivity contribution in [1.82, 2.24) is 10.6 Å². The van der Waals surface area contributed by atoms with Crippen LogP contribution in [0.3, 0.4) is 0 Å². The van der Waals surface area contributed by atoms with Crippen LogP contribution in [0.5, 0.6) is 0 Å². The van der Waals surface area contributed by atoms with Gasteiger partial charge in [0.25, 0.3) is 0 Å². The van der Waals surface area contributed by atoms with Crippen LogP contribution in [0.25, 0.3) is 0 Å². The molecule has 1 aromatic carbocycles. The van der Waals surface area contributed by atoms with Crippen LogP contribution < -0.4 is 16.0 Å². The van der Waals surface area contributed by atoms with Crippen LogP contribution in [0.2, 0.25) is 0 Å². The molecule has 7 heteroatoms. The molecule has 0 aliphatic heterocycles. The normalized spacial score (nSPS) is 10.8. The van der Waals surface area contributed by atoms with E-state index in [0.717, 1.165) is 36.6 Å². The van der Waals surface area contributed by atoms with Gasteiger partial charge in [-0.2, -0.15) is 0 Å². The Bertz CT molecular complexity index is 689. The molecule has 2 aromatic rings. The molecular formula is C19H27IN4OS. The molecule has 1 heterocycles. The van der Waals surface area contributed by atoms with Gasteiger partial charge in [0.1, 0.15) is 0 Å². The zero-order valence-corrected chi connectivity index (χ0v) is 18.4. The summed E-state index contributed by atoms with van der Waals surface area (Å²) < 4.78 is 0. The fourth-order valence-electron chi connectivity index (χ4n) is 2.37. The van der Waals surface area contributed by atoms with Gasteiger partial charge in [0.2, 0.25) is 5.91 Å². The number of nitrogens with zero attached hydrogens (tertiary/aromatic N) is 1. The number of guanidine groups is 1. The molecule has 0 aliphatic carbocycles. The zero-order chi connectivity index (χ0) is 17.9. The molecule has 0 bridgehead atoms. The van der Waals surface area contributed by atoms with Crippen molar-refractivity contribution in [3.63, 3.8) is 0 Å². The summed E-state index contributed by atoms with van der Waals surface area (Å²) in [7, 11) is 1.77. The van der Waals surface area contributed by atoms with Crippen molar-refractivity contribution >= 4 is 52.9 Å². The predicted molar refractivity (Wildman–Crippen MR) is 122 cm³/mol. The van der Waals surface area contributed by atoms with E-state index in [2.05, 4.69) is 38.5 Å². The van der Waals surface area contributed by atoms with Gasteiger partial charge in [0.15, 0.2) is 5.96 Å². The molecule has 0 spiro atoms. The lowest BCUT2D eigenvalue weighted by Crippen LogP contribution is -2.37. The van der Waals surface area contributed by atoms with Gasteiger partial charge >= 0.3 is 0 Å². The number of carbonyl (C=O) groups excluding carboxylic acids is 1. The van der Waals surface area contributed by atoms with E-state index in [0.29, 0.717) is 13.0 Å². The maximum Gasteiger partial charge on any atom is 0.224 e. The molecule has 1 amide bonds. The number of nitrogens with one attached hydrogen (secondary N) is 3. The van der Waals surface area contributed by atoms with Crippen molar-refractivity contribution in [2.45, 2.75) is 32.7 Å². The molecule has 0 radical (unpaired) electrons. The van der Waals surface area contributed by atoms with Crippen LogP contribution in [-0.2, 0) is 17.8 Å². The van der Waals surface area contributed by atoms with Crippen LogP contribution in [0.4, 0.5) is 5.69 Å². The molecule has 1 aromatic heterocycles. The maximum absolute atomic E-state index is 11.7. The van der Waals surface area contributed by atoms with Crippen LogP contribution in [-0.4, -0.2) is 25.5 Å². The van der Waals surface area contributed by atoms with Crippen molar-refractivity contribution < 1.29 is 4.79 Å². The number of hydrogen-bond donors (Lipinski definition) is 3. The van der Waals surface area contributed by atoms with E-state index in [1.807, 2.05) is 31.2 Å². The number of thiophene rings is 1. The number of halogens is 1. The predicted octanol–water partition coefficient (Wildman–Crippen LogP) is 4.01. The summed E-state index contributed by atoms with van der Waals surface area (Å²) in [6.45, 7) is 3.49. The monoisotopic (exact) mass is 486 g/mol. The first-order valence-electron chi connectivity index (χ1n) is 8.57. The second-order valence-electron chi connectivity index (χ2n) is 5.68. The van der Waals surface area contributed by atoms with Gasteiger partial charge in [-0.15, -0.1) is 35.3 Å². The van der Waals surface area contributed by atoms with Crippen molar-refractivity contribution in [2.24, 2.45) is 4.99 Å². The topological polar surface area (TPSA) is 65.5 Å². The van der Waals surface area contributed by atoms with Gasteiger partial charge in [0, 0.05) is 37.1 Å².